The summed E-state index contributed by atoms with van der Waals surface area (Å²) in [5.41, 5.74) is 4.58. The van der Waals surface area contributed by atoms with Crippen LogP contribution < -0.4 is 5.56 Å². The third-order valence-corrected chi connectivity index (χ3v) is 6.38. The van der Waals surface area contributed by atoms with E-state index in [-0.39, 0.29) is 5.56 Å². The fraction of sp³-hybridized carbons (Fsp3) is 0.130. The van der Waals surface area contributed by atoms with Crippen LogP contribution in [0.1, 0.15) is 16.7 Å². The van der Waals surface area contributed by atoms with Gasteiger partial charge in [-0.2, -0.15) is 0 Å². The van der Waals surface area contributed by atoms with E-state index in [9.17, 15) is 4.79 Å². The van der Waals surface area contributed by atoms with Crippen LogP contribution in [-0.4, -0.2) is 24.1 Å². The Kier molecular flexibility index (Phi) is 5.00. The monoisotopic (exact) mass is 447 g/mol. The molecule has 0 aliphatic rings. The molecule has 0 aliphatic carbocycles. The molecule has 8 heteroatoms. The van der Waals surface area contributed by atoms with E-state index in [0.717, 1.165) is 27.9 Å². The Morgan fingerprint density at radius 2 is 1.87 bits per heavy atom. The Morgan fingerprint density at radius 3 is 2.68 bits per heavy atom. The van der Waals surface area contributed by atoms with Gasteiger partial charge in [0.1, 0.15) is 5.15 Å². The molecule has 5 aromatic rings. The number of hydrogen-bond acceptors (Lipinski definition) is 5. The maximum atomic E-state index is 13.5. The van der Waals surface area contributed by atoms with Crippen LogP contribution in [0.2, 0.25) is 5.15 Å². The van der Waals surface area contributed by atoms with Crippen LogP contribution in [0.5, 0.6) is 0 Å². The van der Waals surface area contributed by atoms with E-state index in [1.807, 2.05) is 66.8 Å². The van der Waals surface area contributed by atoms with Crippen molar-refractivity contribution >= 4 is 40.0 Å². The fourth-order valence-corrected chi connectivity index (χ4v) is 4.58. The lowest BCUT2D eigenvalue weighted by Crippen LogP contribution is -2.22. The molecule has 0 unspecified atom stereocenters. The number of rotatable bonds is 4. The highest BCUT2D eigenvalue weighted by molar-refractivity contribution is 7.98. The van der Waals surface area contributed by atoms with Gasteiger partial charge in [0.25, 0.3) is 5.56 Å². The second-order valence-corrected chi connectivity index (χ2v) is 8.67. The first-order valence-corrected chi connectivity index (χ1v) is 11.1. The predicted octanol–water partition coefficient (Wildman–Crippen LogP) is 4.99. The van der Waals surface area contributed by atoms with Gasteiger partial charge in [-0.3, -0.25) is 9.20 Å². The van der Waals surface area contributed by atoms with E-state index in [1.165, 1.54) is 11.8 Å². The van der Waals surface area contributed by atoms with E-state index in [4.69, 9.17) is 11.6 Å². The number of fused-ring (bicyclic) bond motifs is 3. The molecular weight excluding hydrogens is 430 g/mol. The average Bonchev–Trinajstić information content (AvgIpc) is 3.20. The van der Waals surface area contributed by atoms with Crippen LogP contribution in [0, 0.1) is 13.8 Å². The summed E-state index contributed by atoms with van der Waals surface area (Å²) in [5.74, 6) is 1.15. The quantitative estimate of drug-likeness (QED) is 0.287. The van der Waals surface area contributed by atoms with E-state index in [2.05, 4.69) is 15.2 Å². The van der Waals surface area contributed by atoms with E-state index >= 15 is 0 Å². The summed E-state index contributed by atoms with van der Waals surface area (Å²) >= 11 is 7.43. The molecule has 2 aromatic carbocycles. The molecule has 0 N–H and O–H groups in total. The van der Waals surface area contributed by atoms with Crippen molar-refractivity contribution in [3.05, 3.63) is 93.0 Å². The SMILES string of the molecule is Cc1ccc(C)c(-n2c(=O)c3ccccc3n3c(SCc4ccc(Cl)nc4)nnc23)c1. The molecule has 0 bridgehead atoms. The number of nitrogens with zero attached hydrogens (tertiary/aromatic N) is 5. The molecule has 0 amide bonds. The summed E-state index contributed by atoms with van der Waals surface area (Å²) in [6, 6.07) is 17.3. The summed E-state index contributed by atoms with van der Waals surface area (Å²) in [6.45, 7) is 4.00. The number of pyridine rings is 1. The normalized spacial score (nSPS) is 11.5. The molecule has 31 heavy (non-hydrogen) atoms. The molecule has 0 radical (unpaired) electrons. The van der Waals surface area contributed by atoms with E-state index in [1.54, 1.807) is 16.8 Å². The lowest BCUT2D eigenvalue weighted by molar-refractivity contribution is 0.927. The molecule has 0 saturated heterocycles. The van der Waals surface area contributed by atoms with Crippen LogP contribution in [0.4, 0.5) is 0 Å². The van der Waals surface area contributed by atoms with Gasteiger partial charge in [0.05, 0.1) is 16.6 Å². The third kappa shape index (κ3) is 3.49. The summed E-state index contributed by atoms with van der Waals surface area (Å²) in [6.07, 6.45) is 1.75. The number of hydrogen-bond donors (Lipinski definition) is 0. The lowest BCUT2D eigenvalue weighted by atomic mass is 10.1. The van der Waals surface area contributed by atoms with Gasteiger partial charge in [0.15, 0.2) is 5.16 Å². The molecule has 3 heterocycles. The third-order valence-electron chi connectivity index (χ3n) is 5.16. The van der Waals surface area contributed by atoms with Crippen molar-refractivity contribution in [1.82, 2.24) is 24.1 Å². The fourth-order valence-electron chi connectivity index (χ4n) is 3.59. The summed E-state index contributed by atoms with van der Waals surface area (Å²) in [7, 11) is 0. The molecule has 0 saturated carbocycles. The minimum atomic E-state index is -0.109. The van der Waals surface area contributed by atoms with Crippen molar-refractivity contribution in [3.8, 4) is 5.69 Å². The van der Waals surface area contributed by atoms with Crippen LogP contribution in [0.3, 0.4) is 0 Å². The van der Waals surface area contributed by atoms with Crippen LogP contribution in [0.25, 0.3) is 22.4 Å². The van der Waals surface area contributed by atoms with Crippen molar-refractivity contribution in [3.63, 3.8) is 0 Å². The number of aromatic nitrogens is 5. The Balaban J connectivity index is 1.73. The van der Waals surface area contributed by atoms with Gasteiger partial charge in [-0.1, -0.05) is 53.7 Å². The van der Waals surface area contributed by atoms with Gasteiger partial charge in [-0.05, 0) is 54.8 Å². The minimum absolute atomic E-state index is 0.109. The number of benzene rings is 2. The average molecular weight is 448 g/mol. The van der Waals surface area contributed by atoms with Gasteiger partial charge in [0.2, 0.25) is 5.78 Å². The molecule has 3 aromatic heterocycles. The number of thioether (sulfide) groups is 1. The Bertz CT molecular complexity index is 1490. The van der Waals surface area contributed by atoms with Crippen molar-refractivity contribution in [2.45, 2.75) is 24.8 Å². The molecule has 154 valence electrons. The molecule has 6 nitrogen and oxygen atoms in total. The lowest BCUT2D eigenvalue weighted by Gasteiger charge is -2.14. The summed E-state index contributed by atoms with van der Waals surface area (Å²) < 4.78 is 3.61. The molecule has 0 spiro atoms. The number of para-hydroxylation sites is 1. The molecular formula is C23H18ClN5OS. The highest BCUT2D eigenvalue weighted by Crippen LogP contribution is 2.26. The molecule has 0 aliphatic heterocycles. The van der Waals surface area contributed by atoms with Gasteiger partial charge in [-0.15, -0.1) is 10.2 Å². The first kappa shape index (κ1) is 19.8. The highest BCUT2D eigenvalue weighted by atomic mass is 35.5. The largest absolute Gasteiger partial charge is 0.268 e. The molecule has 0 fully saturated rings. The topological polar surface area (TPSA) is 65.1 Å². The zero-order chi connectivity index (χ0) is 21.5. The first-order valence-electron chi connectivity index (χ1n) is 9.72. The summed E-state index contributed by atoms with van der Waals surface area (Å²) in [5, 5.41) is 10.6. The zero-order valence-corrected chi connectivity index (χ0v) is 18.5. The van der Waals surface area contributed by atoms with Crippen LogP contribution in [-0.2, 0) is 5.75 Å². The maximum absolute atomic E-state index is 13.5. The summed E-state index contributed by atoms with van der Waals surface area (Å²) in [4.78, 5) is 17.6. The maximum Gasteiger partial charge on any atom is 0.267 e. The van der Waals surface area contributed by atoms with Crippen molar-refractivity contribution in [1.29, 1.82) is 0 Å². The smallest absolute Gasteiger partial charge is 0.267 e. The van der Waals surface area contributed by atoms with E-state index < -0.39 is 0 Å². The van der Waals surface area contributed by atoms with Crippen LogP contribution in [0.15, 0.2) is 70.7 Å². The predicted molar refractivity (Wildman–Crippen MR) is 124 cm³/mol. The van der Waals surface area contributed by atoms with Gasteiger partial charge in [-0.25, -0.2) is 9.55 Å². The second kappa shape index (κ2) is 7.83. The van der Waals surface area contributed by atoms with Crippen molar-refractivity contribution < 1.29 is 0 Å². The second-order valence-electron chi connectivity index (χ2n) is 7.34. The van der Waals surface area contributed by atoms with Crippen molar-refractivity contribution in [2.75, 3.05) is 0 Å². The molecule has 5 rings (SSSR count). The molecule has 0 atom stereocenters. The van der Waals surface area contributed by atoms with Gasteiger partial charge >= 0.3 is 0 Å². The number of aryl methyl sites for hydroxylation is 2. The van der Waals surface area contributed by atoms with Gasteiger partial charge in [0, 0.05) is 11.9 Å². The Labute approximate surface area is 187 Å². The minimum Gasteiger partial charge on any atom is -0.268 e. The zero-order valence-electron chi connectivity index (χ0n) is 16.9. The Hall–Kier alpha value is -3.16. The van der Waals surface area contributed by atoms with Crippen LogP contribution >= 0.6 is 23.4 Å². The van der Waals surface area contributed by atoms with E-state index in [0.29, 0.717) is 27.2 Å². The standard InChI is InChI=1S/C23H18ClN5OS/c1-14-7-8-15(2)19(11-14)28-21(30)17-5-3-4-6-18(17)29-22(28)26-27-23(29)31-13-16-9-10-20(24)25-12-16/h3-12H,13H2,1-2H3. The van der Waals surface area contributed by atoms with Crippen molar-refractivity contribution in [2.24, 2.45) is 0 Å². The van der Waals surface area contributed by atoms with Gasteiger partial charge < -0.3 is 0 Å². The highest BCUT2D eigenvalue weighted by Gasteiger charge is 2.19. The first-order chi connectivity index (χ1) is 15.0. The number of halogens is 1. The Morgan fingerprint density at radius 1 is 1.03 bits per heavy atom.